The number of ether oxygens (including phenoxy) is 4. The smallest absolute Gasteiger partial charge is 0.315 e. The fourth-order valence-electron chi connectivity index (χ4n) is 5.37. The first-order chi connectivity index (χ1) is 17.8. The van der Waals surface area contributed by atoms with Gasteiger partial charge in [-0.1, -0.05) is 24.3 Å². The van der Waals surface area contributed by atoms with Gasteiger partial charge in [0.25, 0.3) is 0 Å². The first-order valence-electron chi connectivity index (χ1n) is 12.7. The second-order valence-electron chi connectivity index (χ2n) is 9.67. The van der Waals surface area contributed by atoms with E-state index >= 15 is 0 Å². The molecule has 1 aliphatic carbocycles. The topological polar surface area (TPSA) is 83.4 Å². The minimum Gasteiger partial charge on any atom is -0.493 e. The number of carbonyl (C=O) groups is 2. The Bertz CT molecular complexity index is 1240. The van der Waals surface area contributed by atoms with Crippen molar-refractivity contribution in [2.75, 3.05) is 20.8 Å². The van der Waals surface area contributed by atoms with Crippen LogP contribution in [0.15, 0.2) is 58.7 Å². The van der Waals surface area contributed by atoms with Crippen molar-refractivity contribution in [3.05, 3.63) is 64.9 Å². The Morgan fingerprint density at radius 1 is 1.03 bits per heavy atom. The number of nitrogens with zero attached hydrogens (tertiary/aromatic N) is 1. The maximum absolute atomic E-state index is 13.9. The van der Waals surface area contributed by atoms with Crippen molar-refractivity contribution < 1.29 is 28.5 Å². The zero-order valence-electron chi connectivity index (χ0n) is 22.4. The van der Waals surface area contributed by atoms with Gasteiger partial charge in [0.1, 0.15) is 11.7 Å². The molecule has 0 bridgehead atoms. The third kappa shape index (κ3) is 5.26. The number of hydrogen-bond donors (Lipinski definition) is 0. The highest BCUT2D eigenvalue weighted by Gasteiger charge is 2.45. The Hall–Kier alpha value is -3.61. The van der Waals surface area contributed by atoms with Gasteiger partial charge in [-0.15, -0.1) is 0 Å². The normalized spacial score (nSPS) is 21.3. The number of rotatable bonds is 8. The molecule has 0 saturated heterocycles. The molecule has 2 aliphatic rings. The standard InChI is InChI=1S/C30H35NO6/c1-7-36-30(33)27-18(4)31-22-14-20(19-12-13-25(34-5)26(16-19)35-6)15-23(32)29(22)28(27)21-10-8-9-11-24(21)37-17(2)3/h8-13,16-17,20,27-28H,7,14-15H2,1-6H3/t20-,27?,28-/m0/s1. The summed E-state index contributed by atoms with van der Waals surface area (Å²) in [5.41, 5.74) is 3.73. The summed E-state index contributed by atoms with van der Waals surface area (Å²) in [7, 11) is 3.19. The van der Waals surface area contributed by atoms with Crippen molar-refractivity contribution in [3.8, 4) is 17.2 Å². The van der Waals surface area contributed by atoms with Crippen molar-refractivity contribution in [2.45, 2.75) is 58.5 Å². The zero-order valence-corrected chi connectivity index (χ0v) is 22.4. The van der Waals surface area contributed by atoms with Crippen molar-refractivity contribution in [1.82, 2.24) is 0 Å². The molecule has 2 aromatic carbocycles. The number of esters is 1. The van der Waals surface area contributed by atoms with Gasteiger partial charge in [0.15, 0.2) is 17.3 Å². The van der Waals surface area contributed by atoms with E-state index in [1.807, 2.05) is 63.2 Å². The number of aliphatic imine (C=N–C) groups is 1. The highest BCUT2D eigenvalue weighted by Crippen LogP contribution is 2.49. The van der Waals surface area contributed by atoms with Gasteiger partial charge in [0.2, 0.25) is 0 Å². The predicted octanol–water partition coefficient (Wildman–Crippen LogP) is 5.63. The minimum atomic E-state index is -0.697. The summed E-state index contributed by atoms with van der Waals surface area (Å²) in [6.07, 6.45) is 0.820. The van der Waals surface area contributed by atoms with Gasteiger partial charge in [-0.05, 0) is 63.8 Å². The first-order valence-corrected chi connectivity index (χ1v) is 12.7. The molecule has 1 unspecified atom stereocenters. The maximum atomic E-state index is 13.9. The Labute approximate surface area is 218 Å². The average molecular weight is 506 g/mol. The lowest BCUT2D eigenvalue weighted by Gasteiger charge is -2.37. The molecule has 37 heavy (non-hydrogen) atoms. The van der Waals surface area contributed by atoms with Gasteiger partial charge in [0.05, 0.1) is 26.9 Å². The van der Waals surface area contributed by atoms with Crippen LogP contribution >= 0.6 is 0 Å². The summed E-state index contributed by atoms with van der Waals surface area (Å²) in [5.74, 6) is 0.232. The van der Waals surface area contributed by atoms with Crippen LogP contribution in [0.1, 0.15) is 63.5 Å². The van der Waals surface area contributed by atoms with Crippen LogP contribution in [-0.2, 0) is 14.3 Å². The molecular formula is C30H35NO6. The van der Waals surface area contributed by atoms with E-state index < -0.39 is 11.8 Å². The van der Waals surface area contributed by atoms with Gasteiger partial charge in [-0.2, -0.15) is 0 Å². The Kier molecular flexibility index (Phi) is 8.00. The molecule has 0 radical (unpaired) electrons. The lowest BCUT2D eigenvalue weighted by atomic mass is 9.69. The lowest BCUT2D eigenvalue weighted by Crippen LogP contribution is -2.38. The van der Waals surface area contributed by atoms with Crippen molar-refractivity contribution in [1.29, 1.82) is 0 Å². The summed E-state index contributed by atoms with van der Waals surface area (Å²) in [6.45, 7) is 7.78. The fraction of sp³-hybridized carbons (Fsp3) is 0.433. The van der Waals surface area contributed by atoms with Crippen molar-refractivity contribution >= 4 is 17.5 Å². The lowest BCUT2D eigenvalue weighted by molar-refractivity contribution is -0.146. The van der Waals surface area contributed by atoms with E-state index in [-0.39, 0.29) is 30.4 Å². The van der Waals surface area contributed by atoms with Gasteiger partial charge >= 0.3 is 5.97 Å². The monoisotopic (exact) mass is 505 g/mol. The molecule has 1 aliphatic heterocycles. The first kappa shape index (κ1) is 26.5. The number of ketones is 1. The molecule has 2 aromatic rings. The number of methoxy groups -OCH3 is 2. The van der Waals surface area contributed by atoms with Crippen LogP contribution in [0.3, 0.4) is 0 Å². The number of carbonyl (C=O) groups excluding carboxylic acids is 2. The SMILES string of the molecule is CCOC(=O)C1C(C)=NC2=C(C(=O)C[C@@H](c3ccc(OC)c(OC)c3)C2)[C@H]1c1ccccc1OC(C)C. The molecule has 196 valence electrons. The van der Waals surface area contributed by atoms with E-state index in [0.717, 1.165) is 16.8 Å². The van der Waals surface area contributed by atoms with Gasteiger partial charge in [-0.25, -0.2) is 0 Å². The van der Waals surface area contributed by atoms with E-state index in [1.54, 1.807) is 21.1 Å². The molecule has 0 amide bonds. The van der Waals surface area contributed by atoms with E-state index in [4.69, 9.17) is 23.9 Å². The second kappa shape index (κ2) is 11.2. The third-order valence-electron chi connectivity index (χ3n) is 6.92. The predicted molar refractivity (Wildman–Crippen MR) is 142 cm³/mol. The largest absolute Gasteiger partial charge is 0.493 e. The molecule has 0 aromatic heterocycles. The summed E-state index contributed by atoms with van der Waals surface area (Å²) in [4.78, 5) is 31.9. The van der Waals surface area contributed by atoms with Crippen LogP contribution in [0.5, 0.6) is 17.2 Å². The highest BCUT2D eigenvalue weighted by molar-refractivity contribution is 6.09. The Morgan fingerprint density at radius 2 is 1.76 bits per heavy atom. The molecule has 0 saturated carbocycles. The molecule has 1 heterocycles. The molecule has 0 N–H and O–H groups in total. The molecule has 7 heteroatoms. The molecule has 7 nitrogen and oxygen atoms in total. The molecular weight excluding hydrogens is 470 g/mol. The van der Waals surface area contributed by atoms with Crippen LogP contribution < -0.4 is 14.2 Å². The van der Waals surface area contributed by atoms with Crippen LogP contribution in [-0.4, -0.2) is 44.4 Å². The minimum absolute atomic E-state index is 0.0177. The third-order valence-corrected chi connectivity index (χ3v) is 6.92. The van der Waals surface area contributed by atoms with Crippen molar-refractivity contribution in [2.24, 2.45) is 10.9 Å². The van der Waals surface area contributed by atoms with Crippen molar-refractivity contribution in [3.63, 3.8) is 0 Å². The molecule has 4 rings (SSSR count). The summed E-state index contributed by atoms with van der Waals surface area (Å²) < 4.78 is 22.4. The fourth-order valence-corrected chi connectivity index (χ4v) is 5.37. The number of allylic oxidation sites excluding steroid dienone is 2. The van der Waals surface area contributed by atoms with E-state index in [2.05, 4.69) is 0 Å². The number of hydrogen-bond acceptors (Lipinski definition) is 7. The summed E-state index contributed by atoms with van der Waals surface area (Å²) in [5, 5.41) is 0. The quantitative estimate of drug-likeness (QED) is 0.433. The van der Waals surface area contributed by atoms with Gasteiger partial charge in [0, 0.05) is 34.9 Å². The zero-order chi connectivity index (χ0) is 26.7. The van der Waals surface area contributed by atoms with Crippen LogP contribution in [0.4, 0.5) is 0 Å². The van der Waals surface area contributed by atoms with Gasteiger partial charge in [-0.3, -0.25) is 14.6 Å². The number of Topliss-reactive ketones (excluding diaryl/α,β-unsaturated/α-hetero) is 1. The second-order valence-corrected chi connectivity index (χ2v) is 9.67. The summed E-state index contributed by atoms with van der Waals surface area (Å²) >= 11 is 0. The van der Waals surface area contributed by atoms with E-state index in [9.17, 15) is 9.59 Å². The molecule has 0 spiro atoms. The number of benzene rings is 2. The Balaban J connectivity index is 1.81. The van der Waals surface area contributed by atoms with E-state index in [1.165, 1.54) is 0 Å². The molecule has 3 atom stereocenters. The Morgan fingerprint density at radius 3 is 2.43 bits per heavy atom. The van der Waals surface area contributed by atoms with Crippen LogP contribution in [0.25, 0.3) is 0 Å². The van der Waals surface area contributed by atoms with Crippen LogP contribution in [0, 0.1) is 5.92 Å². The maximum Gasteiger partial charge on any atom is 0.315 e. The summed E-state index contributed by atoms with van der Waals surface area (Å²) in [6, 6.07) is 13.4. The highest BCUT2D eigenvalue weighted by atomic mass is 16.5. The number of para-hydroxylation sites is 1. The van der Waals surface area contributed by atoms with E-state index in [0.29, 0.717) is 41.4 Å². The van der Waals surface area contributed by atoms with Gasteiger partial charge < -0.3 is 18.9 Å². The average Bonchev–Trinajstić information content (AvgIpc) is 2.87. The van der Waals surface area contributed by atoms with Crippen LogP contribution in [0.2, 0.25) is 0 Å². The molecule has 0 fully saturated rings.